The molecule has 0 aliphatic rings. The molecule has 27 heavy (non-hydrogen) atoms. The first-order chi connectivity index (χ1) is 12.9. The van der Waals surface area contributed by atoms with Crippen LogP contribution in [-0.4, -0.2) is 26.3 Å². The molecule has 0 amide bonds. The molecule has 1 aromatic carbocycles. The standard InChI is InChI=1S/C21H23N3O2S/c1-6-9-24-20(19-8-7-10-26-19)22-23-21(24)27-12-18(25)17-11-13(2)14(3)15(4)16(17)5/h6-8,10-11H,1,9,12H2,2-5H3. The zero-order valence-corrected chi connectivity index (χ0v) is 16.9. The number of thioether (sulfide) groups is 1. The number of hydrogen-bond acceptors (Lipinski definition) is 5. The van der Waals surface area contributed by atoms with E-state index in [1.165, 1.54) is 22.9 Å². The van der Waals surface area contributed by atoms with Crippen molar-refractivity contribution in [3.05, 3.63) is 64.9 Å². The van der Waals surface area contributed by atoms with Crippen LogP contribution >= 0.6 is 11.8 Å². The topological polar surface area (TPSA) is 60.9 Å². The summed E-state index contributed by atoms with van der Waals surface area (Å²) in [6.07, 6.45) is 3.38. The van der Waals surface area contributed by atoms with Crippen LogP contribution in [0.15, 0.2) is 46.7 Å². The first kappa shape index (κ1) is 19.2. The summed E-state index contributed by atoms with van der Waals surface area (Å²) in [5.41, 5.74) is 5.39. The highest BCUT2D eigenvalue weighted by molar-refractivity contribution is 7.99. The smallest absolute Gasteiger partial charge is 0.200 e. The Bertz CT molecular complexity index is 988. The van der Waals surface area contributed by atoms with Gasteiger partial charge in [-0.3, -0.25) is 9.36 Å². The Labute approximate surface area is 163 Å². The molecule has 3 aromatic rings. The minimum atomic E-state index is 0.0939. The largest absolute Gasteiger partial charge is 0.461 e. The minimum Gasteiger partial charge on any atom is -0.461 e. The van der Waals surface area contributed by atoms with Gasteiger partial charge in [0.25, 0.3) is 0 Å². The molecule has 2 aromatic heterocycles. The number of nitrogens with zero attached hydrogens (tertiary/aromatic N) is 3. The van der Waals surface area contributed by atoms with E-state index < -0.39 is 0 Å². The third kappa shape index (κ3) is 3.76. The van der Waals surface area contributed by atoms with Crippen LogP contribution in [0.5, 0.6) is 0 Å². The predicted molar refractivity (Wildman–Crippen MR) is 108 cm³/mol. The van der Waals surface area contributed by atoms with E-state index in [2.05, 4.69) is 30.6 Å². The lowest BCUT2D eigenvalue weighted by atomic mass is 9.93. The van der Waals surface area contributed by atoms with Gasteiger partial charge in [-0.2, -0.15) is 0 Å². The van der Waals surface area contributed by atoms with Crippen LogP contribution in [0, 0.1) is 27.7 Å². The van der Waals surface area contributed by atoms with Gasteiger partial charge in [0.15, 0.2) is 16.7 Å². The van der Waals surface area contributed by atoms with Gasteiger partial charge in [-0.15, -0.1) is 16.8 Å². The molecule has 0 fully saturated rings. The molecule has 0 spiro atoms. The van der Waals surface area contributed by atoms with Gasteiger partial charge in [0.2, 0.25) is 5.82 Å². The Morgan fingerprint density at radius 2 is 2.00 bits per heavy atom. The van der Waals surface area contributed by atoms with E-state index in [4.69, 9.17) is 4.42 Å². The van der Waals surface area contributed by atoms with Gasteiger partial charge < -0.3 is 4.42 Å². The molecule has 6 heteroatoms. The molecule has 3 rings (SSSR count). The monoisotopic (exact) mass is 381 g/mol. The van der Waals surface area contributed by atoms with E-state index in [0.29, 0.717) is 29.0 Å². The number of benzene rings is 1. The van der Waals surface area contributed by atoms with Crippen molar-refractivity contribution >= 4 is 17.5 Å². The fourth-order valence-electron chi connectivity index (χ4n) is 2.99. The van der Waals surface area contributed by atoms with E-state index in [1.54, 1.807) is 12.3 Å². The van der Waals surface area contributed by atoms with E-state index in [9.17, 15) is 4.79 Å². The van der Waals surface area contributed by atoms with Gasteiger partial charge in [-0.1, -0.05) is 17.8 Å². The van der Waals surface area contributed by atoms with Gasteiger partial charge in [-0.05, 0) is 68.1 Å². The van der Waals surface area contributed by atoms with E-state index in [-0.39, 0.29) is 5.78 Å². The number of allylic oxidation sites excluding steroid dienone is 1. The molecule has 0 saturated carbocycles. The van der Waals surface area contributed by atoms with Crippen molar-refractivity contribution in [3.63, 3.8) is 0 Å². The molecule has 5 nitrogen and oxygen atoms in total. The van der Waals surface area contributed by atoms with Gasteiger partial charge >= 0.3 is 0 Å². The molecule has 2 heterocycles. The van der Waals surface area contributed by atoms with Crippen molar-refractivity contribution in [2.45, 2.75) is 39.4 Å². The van der Waals surface area contributed by atoms with E-state index >= 15 is 0 Å². The van der Waals surface area contributed by atoms with Gasteiger partial charge in [0.05, 0.1) is 12.0 Å². The maximum absolute atomic E-state index is 12.8. The van der Waals surface area contributed by atoms with Crippen molar-refractivity contribution in [1.82, 2.24) is 14.8 Å². The Morgan fingerprint density at radius 1 is 1.22 bits per heavy atom. The third-order valence-electron chi connectivity index (χ3n) is 4.88. The molecule has 0 aliphatic heterocycles. The summed E-state index contributed by atoms with van der Waals surface area (Å²) in [5, 5.41) is 9.14. The van der Waals surface area contributed by atoms with Gasteiger partial charge in [0, 0.05) is 12.1 Å². The summed E-state index contributed by atoms with van der Waals surface area (Å²) in [6.45, 7) is 12.6. The fraction of sp³-hybridized carbons (Fsp3) is 0.286. The predicted octanol–water partition coefficient (Wildman–Crippen LogP) is 4.93. The Morgan fingerprint density at radius 3 is 2.67 bits per heavy atom. The van der Waals surface area contributed by atoms with Crippen molar-refractivity contribution in [2.24, 2.45) is 0 Å². The van der Waals surface area contributed by atoms with Gasteiger partial charge in [0.1, 0.15) is 0 Å². The minimum absolute atomic E-state index is 0.0939. The zero-order chi connectivity index (χ0) is 19.6. The number of carbonyl (C=O) groups is 1. The van der Waals surface area contributed by atoms with Crippen LogP contribution in [0.1, 0.15) is 32.6 Å². The number of furan rings is 1. The number of Topliss-reactive ketones (excluding diaryl/α,β-unsaturated/α-hetero) is 1. The summed E-state index contributed by atoms with van der Waals surface area (Å²) in [7, 11) is 0. The molecule has 0 aliphatic carbocycles. The normalized spacial score (nSPS) is 11.0. The summed E-state index contributed by atoms with van der Waals surface area (Å²) >= 11 is 1.38. The molecular weight excluding hydrogens is 358 g/mol. The molecule has 0 bridgehead atoms. The lowest BCUT2D eigenvalue weighted by Gasteiger charge is -2.13. The number of hydrogen-bond donors (Lipinski definition) is 0. The highest BCUT2D eigenvalue weighted by Gasteiger charge is 2.18. The third-order valence-corrected chi connectivity index (χ3v) is 5.85. The van der Waals surface area contributed by atoms with E-state index in [0.717, 1.165) is 16.7 Å². The van der Waals surface area contributed by atoms with Crippen molar-refractivity contribution < 1.29 is 9.21 Å². The molecule has 0 atom stereocenters. The van der Waals surface area contributed by atoms with Crippen LogP contribution in [0.25, 0.3) is 11.6 Å². The number of ketones is 1. The highest BCUT2D eigenvalue weighted by atomic mass is 32.2. The molecule has 0 radical (unpaired) electrons. The zero-order valence-electron chi connectivity index (χ0n) is 16.1. The van der Waals surface area contributed by atoms with Crippen molar-refractivity contribution in [1.29, 1.82) is 0 Å². The van der Waals surface area contributed by atoms with Crippen LogP contribution in [-0.2, 0) is 6.54 Å². The van der Waals surface area contributed by atoms with Crippen molar-refractivity contribution in [3.8, 4) is 11.6 Å². The molecule has 140 valence electrons. The number of aryl methyl sites for hydroxylation is 1. The van der Waals surface area contributed by atoms with Crippen LogP contribution in [0.4, 0.5) is 0 Å². The van der Waals surface area contributed by atoms with Gasteiger partial charge in [-0.25, -0.2) is 0 Å². The Hall–Kier alpha value is -2.60. The van der Waals surface area contributed by atoms with Crippen molar-refractivity contribution in [2.75, 3.05) is 5.75 Å². The second-order valence-corrected chi connectivity index (χ2v) is 7.45. The Kier molecular flexibility index (Phi) is 5.65. The summed E-state index contributed by atoms with van der Waals surface area (Å²) in [5.74, 6) is 1.67. The maximum Gasteiger partial charge on any atom is 0.200 e. The second kappa shape index (κ2) is 7.96. The highest BCUT2D eigenvalue weighted by Crippen LogP contribution is 2.27. The number of aromatic nitrogens is 3. The molecule has 0 N–H and O–H groups in total. The summed E-state index contributed by atoms with van der Waals surface area (Å²) < 4.78 is 7.34. The molecular formula is C21H23N3O2S. The number of carbonyl (C=O) groups excluding carboxylic acids is 1. The van der Waals surface area contributed by atoms with Crippen LogP contribution in [0.2, 0.25) is 0 Å². The SMILES string of the molecule is C=CCn1c(SCC(=O)c2cc(C)c(C)c(C)c2C)nnc1-c1ccco1. The lowest BCUT2D eigenvalue weighted by molar-refractivity contribution is 0.102. The summed E-state index contributed by atoms with van der Waals surface area (Å²) in [4.78, 5) is 12.8. The molecule has 0 unspecified atom stereocenters. The fourth-order valence-corrected chi connectivity index (χ4v) is 3.82. The maximum atomic E-state index is 12.8. The number of rotatable bonds is 7. The Balaban J connectivity index is 1.83. The first-order valence-electron chi connectivity index (χ1n) is 8.75. The molecule has 0 saturated heterocycles. The van der Waals surface area contributed by atoms with Crippen LogP contribution in [0.3, 0.4) is 0 Å². The second-order valence-electron chi connectivity index (χ2n) is 6.51. The van der Waals surface area contributed by atoms with Crippen LogP contribution < -0.4 is 0 Å². The summed E-state index contributed by atoms with van der Waals surface area (Å²) in [6, 6.07) is 5.64. The quantitative estimate of drug-likeness (QED) is 0.330. The first-order valence-corrected chi connectivity index (χ1v) is 9.74. The average Bonchev–Trinajstić information content (AvgIpc) is 3.31. The lowest BCUT2D eigenvalue weighted by Crippen LogP contribution is -2.09. The van der Waals surface area contributed by atoms with E-state index in [1.807, 2.05) is 36.6 Å². The average molecular weight is 382 g/mol.